The number of carbonyl (C=O) groups excluding carboxylic acids is 2. The van der Waals surface area contributed by atoms with Crippen molar-refractivity contribution in [3.05, 3.63) is 64.7 Å². The normalized spacial score (nSPS) is 11.5. The fourth-order valence-corrected chi connectivity index (χ4v) is 3.94. The average Bonchev–Trinajstić information content (AvgIpc) is 2.70. The van der Waals surface area contributed by atoms with Crippen molar-refractivity contribution in [3.63, 3.8) is 0 Å². The van der Waals surface area contributed by atoms with Gasteiger partial charge in [-0.15, -0.1) is 0 Å². The van der Waals surface area contributed by atoms with Gasteiger partial charge in [0.05, 0.1) is 4.90 Å². The van der Waals surface area contributed by atoms with Crippen molar-refractivity contribution in [1.82, 2.24) is 14.9 Å². The lowest BCUT2D eigenvalue weighted by atomic mass is 10.2. The molecule has 156 valence electrons. The Bertz CT molecular complexity index is 975. The predicted octanol–water partition coefficient (Wildman–Crippen LogP) is 2.53. The average molecular weight is 438 g/mol. The van der Waals surface area contributed by atoms with Crippen LogP contribution in [0.5, 0.6) is 0 Å². The van der Waals surface area contributed by atoms with Crippen LogP contribution in [0.1, 0.15) is 34.6 Å². The van der Waals surface area contributed by atoms with E-state index in [1.165, 1.54) is 35.6 Å². The minimum absolute atomic E-state index is 0.0531. The molecule has 0 bridgehead atoms. The maximum atomic E-state index is 12.6. The van der Waals surface area contributed by atoms with Gasteiger partial charge >= 0.3 is 0 Å². The maximum absolute atomic E-state index is 12.6. The second kappa shape index (κ2) is 9.87. The summed E-state index contributed by atoms with van der Waals surface area (Å²) in [6.45, 7) is 3.96. The highest BCUT2D eigenvalue weighted by Gasteiger charge is 2.23. The van der Waals surface area contributed by atoms with Crippen LogP contribution in [0, 0.1) is 0 Å². The third-order valence-electron chi connectivity index (χ3n) is 4.30. The number of amides is 2. The minimum Gasteiger partial charge on any atom is -0.350 e. The molecule has 0 spiro atoms. The second-order valence-corrected chi connectivity index (χ2v) is 9.10. The second-order valence-electron chi connectivity index (χ2n) is 6.66. The summed E-state index contributed by atoms with van der Waals surface area (Å²) in [5.41, 5.74) is 0.695. The summed E-state index contributed by atoms with van der Waals surface area (Å²) >= 11 is 5.79. The van der Waals surface area contributed by atoms with Gasteiger partial charge in [-0.1, -0.05) is 17.7 Å². The van der Waals surface area contributed by atoms with Gasteiger partial charge in [0.1, 0.15) is 0 Å². The van der Waals surface area contributed by atoms with Crippen molar-refractivity contribution in [3.8, 4) is 0 Å². The van der Waals surface area contributed by atoms with E-state index in [4.69, 9.17) is 11.6 Å². The Morgan fingerprint density at radius 2 is 1.52 bits per heavy atom. The lowest BCUT2D eigenvalue weighted by Gasteiger charge is -2.21. The molecule has 2 rings (SSSR count). The lowest BCUT2D eigenvalue weighted by molar-refractivity contribution is 0.0927. The van der Waals surface area contributed by atoms with E-state index in [1.54, 1.807) is 38.1 Å². The van der Waals surface area contributed by atoms with Crippen LogP contribution in [-0.4, -0.2) is 50.7 Å². The molecule has 2 aromatic carbocycles. The van der Waals surface area contributed by atoms with Gasteiger partial charge in [-0.3, -0.25) is 9.59 Å². The molecule has 0 radical (unpaired) electrons. The zero-order valence-corrected chi connectivity index (χ0v) is 18.0. The third kappa shape index (κ3) is 6.03. The Balaban J connectivity index is 1.93. The zero-order chi connectivity index (χ0) is 21.6. The molecule has 2 aromatic rings. The van der Waals surface area contributed by atoms with E-state index in [0.717, 1.165) is 0 Å². The largest absolute Gasteiger partial charge is 0.350 e. The molecule has 0 fully saturated rings. The number of nitrogens with one attached hydrogen (secondary N) is 2. The van der Waals surface area contributed by atoms with Crippen LogP contribution in [0.3, 0.4) is 0 Å². The molecule has 0 unspecified atom stereocenters. The molecule has 9 heteroatoms. The van der Waals surface area contributed by atoms with Crippen molar-refractivity contribution >= 4 is 33.4 Å². The van der Waals surface area contributed by atoms with Crippen LogP contribution < -0.4 is 10.6 Å². The summed E-state index contributed by atoms with van der Waals surface area (Å²) in [6, 6.07) is 12.1. The molecule has 0 atom stereocenters. The number of carbonyl (C=O) groups is 2. The highest BCUT2D eigenvalue weighted by molar-refractivity contribution is 7.89. The molecule has 2 amide bonds. The monoisotopic (exact) mass is 437 g/mol. The van der Waals surface area contributed by atoms with Crippen LogP contribution in [0.4, 0.5) is 0 Å². The Morgan fingerprint density at radius 3 is 2.07 bits per heavy atom. The summed E-state index contributed by atoms with van der Waals surface area (Å²) in [7, 11) is -2.18. The molecule has 0 heterocycles. The number of sulfonamides is 1. The van der Waals surface area contributed by atoms with Gasteiger partial charge in [0.2, 0.25) is 10.0 Å². The highest BCUT2D eigenvalue weighted by atomic mass is 35.5. The smallest absolute Gasteiger partial charge is 0.251 e. The quantitative estimate of drug-likeness (QED) is 0.620. The van der Waals surface area contributed by atoms with Crippen molar-refractivity contribution < 1.29 is 18.0 Å². The SMILES string of the molecule is CC(C)N(C)S(=O)(=O)c1cccc(C(=O)NCCNC(=O)c2ccc(Cl)cc2)c1. The summed E-state index contributed by atoms with van der Waals surface area (Å²) in [5, 5.41) is 5.89. The van der Waals surface area contributed by atoms with E-state index < -0.39 is 15.9 Å². The van der Waals surface area contributed by atoms with Gasteiger partial charge in [-0.25, -0.2) is 8.42 Å². The summed E-state index contributed by atoms with van der Waals surface area (Å²) in [6.07, 6.45) is 0. The molecular weight excluding hydrogens is 414 g/mol. The summed E-state index contributed by atoms with van der Waals surface area (Å²) in [5.74, 6) is -0.698. The molecule has 2 N–H and O–H groups in total. The highest BCUT2D eigenvalue weighted by Crippen LogP contribution is 2.17. The predicted molar refractivity (Wildman–Crippen MR) is 113 cm³/mol. The van der Waals surface area contributed by atoms with Gasteiger partial charge in [0.15, 0.2) is 0 Å². The van der Waals surface area contributed by atoms with Crippen LogP contribution in [0.15, 0.2) is 53.4 Å². The topological polar surface area (TPSA) is 95.6 Å². The van der Waals surface area contributed by atoms with Crippen molar-refractivity contribution in [1.29, 1.82) is 0 Å². The zero-order valence-electron chi connectivity index (χ0n) is 16.5. The first kappa shape index (κ1) is 22.9. The van der Waals surface area contributed by atoms with Gasteiger partial charge in [0.25, 0.3) is 11.8 Å². The first-order chi connectivity index (χ1) is 13.6. The number of hydrogen-bond acceptors (Lipinski definition) is 4. The maximum Gasteiger partial charge on any atom is 0.251 e. The van der Waals surface area contributed by atoms with Crippen LogP contribution in [-0.2, 0) is 10.0 Å². The minimum atomic E-state index is -3.68. The Labute approximate surface area is 176 Å². The van der Waals surface area contributed by atoms with Crippen molar-refractivity contribution in [2.75, 3.05) is 20.1 Å². The molecule has 0 saturated carbocycles. The lowest BCUT2D eigenvalue weighted by Crippen LogP contribution is -2.35. The van der Waals surface area contributed by atoms with Crippen molar-refractivity contribution in [2.24, 2.45) is 0 Å². The Kier molecular flexibility index (Phi) is 7.78. The molecule has 0 aliphatic heterocycles. The number of rotatable bonds is 8. The first-order valence-electron chi connectivity index (χ1n) is 9.03. The Hall–Kier alpha value is -2.42. The fraction of sp³-hybridized carbons (Fsp3) is 0.300. The van der Waals surface area contributed by atoms with Gasteiger partial charge < -0.3 is 10.6 Å². The number of halogens is 1. The van der Waals surface area contributed by atoms with Gasteiger partial charge in [0, 0.05) is 42.3 Å². The number of nitrogens with zero attached hydrogens (tertiary/aromatic N) is 1. The fourth-order valence-electron chi connectivity index (χ4n) is 2.40. The van der Waals surface area contributed by atoms with Crippen LogP contribution >= 0.6 is 11.6 Å². The van der Waals surface area contributed by atoms with E-state index in [0.29, 0.717) is 10.6 Å². The molecule has 29 heavy (non-hydrogen) atoms. The molecular formula is C20H24ClN3O4S. The first-order valence-corrected chi connectivity index (χ1v) is 10.8. The van der Waals surface area contributed by atoms with Gasteiger partial charge in [-0.2, -0.15) is 4.31 Å². The standard InChI is InChI=1S/C20H24ClN3O4S/c1-14(2)24(3)29(27,28)18-6-4-5-16(13-18)20(26)23-12-11-22-19(25)15-7-9-17(21)10-8-15/h4-10,13-14H,11-12H2,1-3H3,(H,22,25)(H,23,26). The van der Waals surface area contributed by atoms with Crippen LogP contribution in [0.25, 0.3) is 0 Å². The van der Waals surface area contributed by atoms with Crippen molar-refractivity contribution in [2.45, 2.75) is 24.8 Å². The van der Waals surface area contributed by atoms with Crippen LogP contribution in [0.2, 0.25) is 5.02 Å². The van der Waals surface area contributed by atoms with E-state index in [-0.39, 0.29) is 35.5 Å². The molecule has 0 aromatic heterocycles. The number of hydrogen-bond donors (Lipinski definition) is 2. The van der Waals surface area contributed by atoms with E-state index >= 15 is 0 Å². The van der Waals surface area contributed by atoms with Gasteiger partial charge in [-0.05, 0) is 56.3 Å². The third-order valence-corrected chi connectivity index (χ3v) is 6.58. The Morgan fingerprint density at radius 1 is 0.966 bits per heavy atom. The van der Waals surface area contributed by atoms with E-state index in [1.807, 2.05) is 0 Å². The van der Waals surface area contributed by atoms with E-state index in [9.17, 15) is 18.0 Å². The molecule has 0 saturated heterocycles. The summed E-state index contributed by atoms with van der Waals surface area (Å²) < 4.78 is 26.4. The molecule has 0 aliphatic carbocycles. The van der Waals surface area contributed by atoms with E-state index in [2.05, 4.69) is 10.6 Å². The summed E-state index contributed by atoms with van der Waals surface area (Å²) in [4.78, 5) is 24.4. The molecule has 7 nitrogen and oxygen atoms in total. The number of benzene rings is 2. The molecule has 0 aliphatic rings.